The molecule has 122 valence electrons. The standard InChI is InChI=1S/C15H10ClFN4O2S/c1-7-19-12(6-24-7)13-18-5-9(15(23)21-13)14(22)20-11-3-2-8(17)4-10(11)16/h2-6H,1H3,(H,20,22)(H,18,21,23). The quantitative estimate of drug-likeness (QED) is 0.740. The Hall–Kier alpha value is -2.58. The Morgan fingerprint density at radius 3 is 2.79 bits per heavy atom. The number of carbonyl (C=O) groups excluding carboxylic acids is 1. The van der Waals surface area contributed by atoms with Crippen molar-refractivity contribution in [3.63, 3.8) is 0 Å². The van der Waals surface area contributed by atoms with Crippen molar-refractivity contribution in [3.8, 4) is 17.4 Å². The third-order valence-corrected chi connectivity index (χ3v) is 4.13. The van der Waals surface area contributed by atoms with Gasteiger partial charge in [0.2, 0.25) is 5.88 Å². The molecule has 3 aromatic rings. The van der Waals surface area contributed by atoms with Gasteiger partial charge in [0.05, 0.1) is 15.7 Å². The van der Waals surface area contributed by atoms with Gasteiger partial charge in [-0.1, -0.05) is 11.6 Å². The van der Waals surface area contributed by atoms with E-state index < -0.39 is 17.6 Å². The molecule has 2 N–H and O–H groups in total. The third kappa shape index (κ3) is 3.34. The summed E-state index contributed by atoms with van der Waals surface area (Å²) in [6.07, 6.45) is 1.19. The number of carbonyl (C=O) groups is 1. The van der Waals surface area contributed by atoms with Crippen molar-refractivity contribution in [3.05, 3.63) is 51.2 Å². The maximum atomic E-state index is 13.0. The maximum absolute atomic E-state index is 13.0. The number of rotatable bonds is 3. The summed E-state index contributed by atoms with van der Waals surface area (Å²) < 4.78 is 13.0. The number of benzene rings is 1. The highest BCUT2D eigenvalue weighted by molar-refractivity contribution is 7.09. The van der Waals surface area contributed by atoms with Crippen LogP contribution >= 0.6 is 22.9 Å². The van der Waals surface area contributed by atoms with E-state index in [0.29, 0.717) is 5.69 Å². The van der Waals surface area contributed by atoms with Crippen molar-refractivity contribution in [2.45, 2.75) is 6.92 Å². The van der Waals surface area contributed by atoms with Gasteiger partial charge in [-0.25, -0.2) is 14.4 Å². The number of hydrogen-bond donors (Lipinski definition) is 2. The van der Waals surface area contributed by atoms with E-state index in [0.717, 1.165) is 17.1 Å². The monoisotopic (exact) mass is 364 g/mol. The van der Waals surface area contributed by atoms with Crippen molar-refractivity contribution >= 4 is 34.5 Å². The van der Waals surface area contributed by atoms with Gasteiger partial charge >= 0.3 is 0 Å². The van der Waals surface area contributed by atoms with Gasteiger partial charge < -0.3 is 10.4 Å². The molecule has 0 saturated carbocycles. The number of hydrogen-bond acceptors (Lipinski definition) is 6. The predicted octanol–water partition coefficient (Wildman–Crippen LogP) is 3.66. The highest BCUT2D eigenvalue weighted by Gasteiger charge is 2.17. The molecule has 24 heavy (non-hydrogen) atoms. The minimum absolute atomic E-state index is 0.0401. The maximum Gasteiger partial charge on any atom is 0.262 e. The Bertz CT molecular complexity index is 932. The lowest BCUT2D eigenvalue weighted by molar-refractivity contribution is 0.102. The number of aromatic hydroxyl groups is 1. The number of anilines is 1. The Labute approximate surface area is 145 Å². The molecule has 0 saturated heterocycles. The van der Waals surface area contributed by atoms with Gasteiger partial charge in [0.15, 0.2) is 5.82 Å². The van der Waals surface area contributed by atoms with Gasteiger partial charge in [-0.15, -0.1) is 11.3 Å². The molecule has 6 nitrogen and oxygen atoms in total. The predicted molar refractivity (Wildman–Crippen MR) is 88.9 cm³/mol. The second-order valence-electron chi connectivity index (χ2n) is 4.76. The zero-order valence-electron chi connectivity index (χ0n) is 12.2. The molecule has 0 bridgehead atoms. The number of nitrogens with one attached hydrogen (secondary N) is 1. The zero-order valence-corrected chi connectivity index (χ0v) is 13.8. The lowest BCUT2D eigenvalue weighted by Gasteiger charge is -2.08. The average molecular weight is 365 g/mol. The average Bonchev–Trinajstić information content (AvgIpc) is 2.96. The van der Waals surface area contributed by atoms with Gasteiger partial charge in [0.1, 0.15) is 17.1 Å². The largest absolute Gasteiger partial charge is 0.493 e. The fraction of sp³-hybridized carbons (Fsp3) is 0.0667. The first-order valence-corrected chi connectivity index (χ1v) is 7.94. The smallest absolute Gasteiger partial charge is 0.262 e. The second kappa shape index (κ2) is 6.50. The lowest BCUT2D eigenvalue weighted by atomic mass is 10.2. The van der Waals surface area contributed by atoms with E-state index in [1.165, 1.54) is 23.6 Å². The van der Waals surface area contributed by atoms with Gasteiger partial charge in [0, 0.05) is 11.6 Å². The van der Waals surface area contributed by atoms with Crippen molar-refractivity contribution in [1.29, 1.82) is 0 Å². The van der Waals surface area contributed by atoms with E-state index in [-0.39, 0.29) is 22.1 Å². The van der Waals surface area contributed by atoms with Crippen LogP contribution in [0.5, 0.6) is 5.88 Å². The van der Waals surface area contributed by atoms with Crippen LogP contribution in [-0.4, -0.2) is 26.0 Å². The van der Waals surface area contributed by atoms with E-state index in [1.54, 1.807) is 5.38 Å². The van der Waals surface area contributed by atoms with Crippen LogP contribution in [0.25, 0.3) is 11.5 Å². The molecule has 0 radical (unpaired) electrons. The summed E-state index contributed by atoms with van der Waals surface area (Å²) in [4.78, 5) is 24.4. The van der Waals surface area contributed by atoms with Crippen molar-refractivity contribution < 1.29 is 14.3 Å². The number of halogens is 2. The normalized spacial score (nSPS) is 10.6. The fourth-order valence-corrected chi connectivity index (χ4v) is 2.71. The van der Waals surface area contributed by atoms with Crippen LogP contribution in [0.3, 0.4) is 0 Å². The summed E-state index contributed by atoms with van der Waals surface area (Å²) in [5.74, 6) is -1.45. The molecule has 1 amide bonds. The van der Waals surface area contributed by atoms with Crippen LogP contribution in [-0.2, 0) is 0 Å². The van der Waals surface area contributed by atoms with Gasteiger partial charge in [-0.05, 0) is 25.1 Å². The van der Waals surface area contributed by atoms with Crippen LogP contribution in [0.1, 0.15) is 15.4 Å². The van der Waals surface area contributed by atoms with E-state index in [4.69, 9.17) is 11.6 Å². The number of amides is 1. The molecule has 0 fully saturated rings. The van der Waals surface area contributed by atoms with E-state index in [1.807, 2.05) is 6.92 Å². The minimum atomic E-state index is -0.665. The highest BCUT2D eigenvalue weighted by atomic mass is 35.5. The molecule has 9 heteroatoms. The SMILES string of the molecule is Cc1nc(-c2ncc(C(=O)Nc3ccc(F)cc3Cl)c(O)n2)cs1. The van der Waals surface area contributed by atoms with Crippen LogP contribution in [0, 0.1) is 12.7 Å². The van der Waals surface area contributed by atoms with Gasteiger partial charge in [-0.3, -0.25) is 4.79 Å². The topological polar surface area (TPSA) is 88.0 Å². The molecule has 2 aromatic heterocycles. The molecule has 0 aliphatic heterocycles. The van der Waals surface area contributed by atoms with Gasteiger partial charge in [0.25, 0.3) is 5.91 Å². The summed E-state index contributed by atoms with van der Waals surface area (Å²) in [5, 5.41) is 15.1. The minimum Gasteiger partial charge on any atom is -0.493 e. The fourth-order valence-electron chi connectivity index (χ4n) is 1.90. The zero-order chi connectivity index (χ0) is 17.3. The summed E-state index contributed by atoms with van der Waals surface area (Å²) in [6.45, 7) is 1.84. The number of aromatic nitrogens is 3. The van der Waals surface area contributed by atoms with E-state index in [2.05, 4.69) is 20.3 Å². The van der Waals surface area contributed by atoms with Crippen LogP contribution in [0.2, 0.25) is 5.02 Å². The first-order chi connectivity index (χ1) is 11.4. The molecule has 0 aliphatic rings. The summed E-state index contributed by atoms with van der Waals surface area (Å²) >= 11 is 7.28. The molecular weight excluding hydrogens is 355 g/mol. The Morgan fingerprint density at radius 1 is 1.38 bits per heavy atom. The third-order valence-electron chi connectivity index (χ3n) is 3.04. The Balaban J connectivity index is 1.85. The lowest BCUT2D eigenvalue weighted by Crippen LogP contribution is -2.13. The second-order valence-corrected chi connectivity index (χ2v) is 6.23. The van der Waals surface area contributed by atoms with Crippen molar-refractivity contribution in [2.24, 2.45) is 0 Å². The van der Waals surface area contributed by atoms with E-state index >= 15 is 0 Å². The molecule has 0 spiro atoms. The number of nitrogens with zero attached hydrogens (tertiary/aromatic N) is 3. The number of aryl methyl sites for hydroxylation is 1. The molecule has 1 aromatic carbocycles. The summed E-state index contributed by atoms with van der Waals surface area (Å²) in [5.41, 5.74) is 0.592. The molecule has 2 heterocycles. The molecular formula is C15H10ClFN4O2S. The molecule has 0 unspecified atom stereocenters. The van der Waals surface area contributed by atoms with Crippen LogP contribution in [0.4, 0.5) is 10.1 Å². The molecule has 0 atom stereocenters. The van der Waals surface area contributed by atoms with Crippen molar-refractivity contribution in [1.82, 2.24) is 15.0 Å². The van der Waals surface area contributed by atoms with Crippen LogP contribution in [0.15, 0.2) is 29.8 Å². The summed E-state index contributed by atoms with van der Waals surface area (Å²) in [6, 6.07) is 3.55. The van der Waals surface area contributed by atoms with Crippen molar-refractivity contribution in [2.75, 3.05) is 5.32 Å². The Kier molecular flexibility index (Phi) is 4.41. The first kappa shape index (κ1) is 16.3. The summed E-state index contributed by atoms with van der Waals surface area (Å²) in [7, 11) is 0. The Morgan fingerprint density at radius 2 is 2.17 bits per heavy atom. The van der Waals surface area contributed by atoms with Crippen LogP contribution < -0.4 is 5.32 Å². The first-order valence-electron chi connectivity index (χ1n) is 6.69. The van der Waals surface area contributed by atoms with E-state index in [9.17, 15) is 14.3 Å². The molecule has 0 aliphatic carbocycles. The molecule has 3 rings (SSSR count). The number of thiazole rings is 1. The van der Waals surface area contributed by atoms with Gasteiger partial charge in [-0.2, -0.15) is 4.98 Å². The highest BCUT2D eigenvalue weighted by Crippen LogP contribution is 2.25.